The minimum Gasteiger partial charge on any atom is -0.481 e. The first-order chi connectivity index (χ1) is 9.02. The lowest BCUT2D eigenvalue weighted by atomic mass is 10.0. The number of carbonyl (C=O) groups is 2. The Morgan fingerprint density at radius 2 is 1.95 bits per heavy atom. The first-order valence-corrected chi connectivity index (χ1v) is 6.63. The van der Waals surface area contributed by atoms with Crippen LogP contribution in [-0.4, -0.2) is 55.5 Å². The van der Waals surface area contributed by atoms with E-state index >= 15 is 0 Å². The number of carboxylic acids is 1. The number of hydrogen-bond acceptors (Lipinski definition) is 4. The molecule has 1 atom stereocenters. The molecule has 1 amide bonds. The molecule has 0 aromatic carbocycles. The van der Waals surface area contributed by atoms with Crippen molar-refractivity contribution in [3.8, 4) is 0 Å². The van der Waals surface area contributed by atoms with Gasteiger partial charge in [0.15, 0.2) is 0 Å². The van der Waals surface area contributed by atoms with Gasteiger partial charge in [0, 0.05) is 26.6 Å². The molecule has 6 heteroatoms. The van der Waals surface area contributed by atoms with E-state index in [0.717, 1.165) is 12.8 Å². The number of methoxy groups -OCH3 is 1. The van der Waals surface area contributed by atoms with Crippen LogP contribution in [0.2, 0.25) is 0 Å². The number of rotatable bonds is 10. The zero-order chi connectivity index (χ0) is 14.7. The average Bonchev–Trinajstić information content (AvgIpc) is 2.36. The second kappa shape index (κ2) is 10.6. The van der Waals surface area contributed by atoms with Gasteiger partial charge in [-0.15, -0.1) is 0 Å². The molecule has 0 aromatic rings. The van der Waals surface area contributed by atoms with Gasteiger partial charge in [-0.1, -0.05) is 13.3 Å². The Balaban J connectivity index is 4.17. The van der Waals surface area contributed by atoms with Crippen LogP contribution in [0.1, 0.15) is 39.0 Å². The van der Waals surface area contributed by atoms with Gasteiger partial charge in [0.25, 0.3) is 0 Å². The molecule has 0 spiro atoms. The van der Waals surface area contributed by atoms with Crippen LogP contribution >= 0.6 is 0 Å². The first kappa shape index (κ1) is 17.7. The fourth-order valence-corrected chi connectivity index (χ4v) is 1.82. The fourth-order valence-electron chi connectivity index (χ4n) is 1.82. The topological polar surface area (TPSA) is 76.1 Å². The molecule has 0 aromatic heterocycles. The van der Waals surface area contributed by atoms with E-state index in [1.165, 1.54) is 0 Å². The zero-order valence-electron chi connectivity index (χ0n) is 12.1. The largest absolute Gasteiger partial charge is 0.481 e. The summed E-state index contributed by atoms with van der Waals surface area (Å²) < 4.78 is 9.85. The van der Waals surface area contributed by atoms with Crippen molar-refractivity contribution < 1.29 is 24.2 Å². The molecule has 0 bridgehead atoms. The van der Waals surface area contributed by atoms with Crippen molar-refractivity contribution in [1.29, 1.82) is 0 Å². The van der Waals surface area contributed by atoms with E-state index in [4.69, 9.17) is 14.6 Å². The van der Waals surface area contributed by atoms with Crippen LogP contribution in [0.4, 0.5) is 4.79 Å². The van der Waals surface area contributed by atoms with Crippen molar-refractivity contribution in [2.45, 2.75) is 45.1 Å². The highest BCUT2D eigenvalue weighted by atomic mass is 16.6. The van der Waals surface area contributed by atoms with Gasteiger partial charge in [-0.25, -0.2) is 4.79 Å². The molecule has 0 saturated heterocycles. The normalized spacial score (nSPS) is 11.9. The van der Waals surface area contributed by atoms with E-state index in [1.54, 1.807) is 19.1 Å². The smallest absolute Gasteiger partial charge is 0.409 e. The predicted octanol–water partition coefficient (Wildman–Crippen LogP) is 2.12. The van der Waals surface area contributed by atoms with Gasteiger partial charge in [0.05, 0.1) is 6.61 Å². The fraction of sp³-hybridized carbons (Fsp3) is 0.846. The highest BCUT2D eigenvalue weighted by Gasteiger charge is 2.20. The maximum atomic E-state index is 11.8. The molecule has 1 unspecified atom stereocenters. The summed E-state index contributed by atoms with van der Waals surface area (Å²) in [5, 5.41) is 8.63. The lowest BCUT2D eigenvalue weighted by molar-refractivity contribution is -0.137. The van der Waals surface area contributed by atoms with Crippen LogP contribution in [0.15, 0.2) is 0 Å². The van der Waals surface area contributed by atoms with E-state index in [9.17, 15) is 9.59 Å². The summed E-state index contributed by atoms with van der Waals surface area (Å²) >= 11 is 0. The van der Waals surface area contributed by atoms with E-state index in [1.807, 2.05) is 6.92 Å². The highest BCUT2D eigenvalue weighted by molar-refractivity contribution is 5.68. The summed E-state index contributed by atoms with van der Waals surface area (Å²) in [5.74, 6) is -0.805. The maximum absolute atomic E-state index is 11.8. The number of hydrogen-bond donors (Lipinski definition) is 1. The summed E-state index contributed by atoms with van der Waals surface area (Å²) in [6, 6.07) is 0.0272. The quantitative estimate of drug-likeness (QED) is 0.618. The molecule has 112 valence electrons. The minimum absolute atomic E-state index is 0.0272. The van der Waals surface area contributed by atoms with Crippen molar-refractivity contribution in [2.75, 3.05) is 27.4 Å². The summed E-state index contributed by atoms with van der Waals surface area (Å²) in [4.78, 5) is 23.8. The summed E-state index contributed by atoms with van der Waals surface area (Å²) in [7, 11) is 3.24. The number of carbonyl (C=O) groups excluding carboxylic acids is 1. The van der Waals surface area contributed by atoms with Gasteiger partial charge >= 0.3 is 12.1 Å². The standard InChI is InChI=1S/C13H25NO5/c1-4-6-11(7-5-8-12(15)16)14(2)13(17)19-10-9-18-3/h11H,4-10H2,1-3H3,(H,15,16). The van der Waals surface area contributed by atoms with Gasteiger partial charge in [-0.3, -0.25) is 4.79 Å². The third kappa shape index (κ3) is 8.42. The Hall–Kier alpha value is -1.30. The lowest BCUT2D eigenvalue weighted by Crippen LogP contribution is -2.38. The Bertz CT molecular complexity index is 270. The third-order valence-electron chi connectivity index (χ3n) is 2.90. The molecule has 0 saturated carbocycles. The number of ether oxygens (including phenoxy) is 2. The molecular weight excluding hydrogens is 250 g/mol. The summed E-state index contributed by atoms with van der Waals surface area (Å²) in [6.07, 6.45) is 2.77. The molecule has 0 aliphatic heterocycles. The van der Waals surface area contributed by atoms with Crippen LogP contribution in [0.25, 0.3) is 0 Å². The van der Waals surface area contributed by atoms with Gasteiger partial charge in [0.1, 0.15) is 6.61 Å². The molecule has 1 N–H and O–H groups in total. The van der Waals surface area contributed by atoms with E-state index < -0.39 is 5.97 Å². The Labute approximate surface area is 114 Å². The molecule has 0 rings (SSSR count). The molecular formula is C13H25NO5. The highest BCUT2D eigenvalue weighted by Crippen LogP contribution is 2.14. The Morgan fingerprint density at radius 3 is 2.47 bits per heavy atom. The zero-order valence-corrected chi connectivity index (χ0v) is 12.1. The second-order valence-corrected chi connectivity index (χ2v) is 4.45. The van der Waals surface area contributed by atoms with Crippen LogP contribution in [0.3, 0.4) is 0 Å². The molecule has 6 nitrogen and oxygen atoms in total. The molecule has 0 radical (unpaired) electrons. The number of amides is 1. The summed E-state index contributed by atoms with van der Waals surface area (Å²) in [6.45, 7) is 2.64. The number of nitrogens with zero attached hydrogens (tertiary/aromatic N) is 1. The van der Waals surface area contributed by atoms with E-state index in [-0.39, 0.29) is 25.2 Å². The SMILES string of the molecule is CCCC(CCCC(=O)O)N(C)C(=O)OCCOC. The number of carboxylic acid groups (broad SMARTS) is 1. The van der Waals surface area contributed by atoms with Crippen LogP contribution < -0.4 is 0 Å². The molecule has 19 heavy (non-hydrogen) atoms. The second-order valence-electron chi connectivity index (χ2n) is 4.45. The van der Waals surface area contributed by atoms with Crippen molar-refractivity contribution in [3.05, 3.63) is 0 Å². The van der Waals surface area contributed by atoms with Gasteiger partial charge in [-0.2, -0.15) is 0 Å². The van der Waals surface area contributed by atoms with E-state index in [0.29, 0.717) is 19.4 Å². The average molecular weight is 275 g/mol. The Kier molecular flexibility index (Phi) is 9.88. The first-order valence-electron chi connectivity index (χ1n) is 6.63. The van der Waals surface area contributed by atoms with Crippen molar-refractivity contribution >= 4 is 12.1 Å². The predicted molar refractivity (Wildman–Crippen MR) is 71.2 cm³/mol. The van der Waals surface area contributed by atoms with Crippen LogP contribution in [0, 0.1) is 0 Å². The lowest BCUT2D eigenvalue weighted by Gasteiger charge is -2.27. The molecule has 0 heterocycles. The van der Waals surface area contributed by atoms with E-state index in [2.05, 4.69) is 0 Å². The third-order valence-corrected chi connectivity index (χ3v) is 2.90. The van der Waals surface area contributed by atoms with Crippen LogP contribution in [-0.2, 0) is 14.3 Å². The Morgan fingerprint density at radius 1 is 1.26 bits per heavy atom. The number of aliphatic carboxylic acids is 1. The molecule has 0 aliphatic carbocycles. The maximum Gasteiger partial charge on any atom is 0.409 e. The van der Waals surface area contributed by atoms with Crippen molar-refractivity contribution in [2.24, 2.45) is 0 Å². The van der Waals surface area contributed by atoms with Gasteiger partial charge < -0.3 is 19.5 Å². The van der Waals surface area contributed by atoms with Gasteiger partial charge in [-0.05, 0) is 19.3 Å². The molecule has 0 aliphatic rings. The molecule has 0 fully saturated rings. The van der Waals surface area contributed by atoms with Crippen LogP contribution in [0.5, 0.6) is 0 Å². The van der Waals surface area contributed by atoms with Crippen molar-refractivity contribution in [1.82, 2.24) is 4.90 Å². The monoisotopic (exact) mass is 275 g/mol. The minimum atomic E-state index is -0.805. The van der Waals surface area contributed by atoms with Crippen molar-refractivity contribution in [3.63, 3.8) is 0 Å². The summed E-state index contributed by atoms with van der Waals surface area (Å²) in [5.41, 5.74) is 0. The van der Waals surface area contributed by atoms with Gasteiger partial charge in [0.2, 0.25) is 0 Å².